The predicted octanol–water partition coefficient (Wildman–Crippen LogP) is 3.86. The van der Waals surface area contributed by atoms with Crippen molar-refractivity contribution in [1.29, 1.82) is 0 Å². The summed E-state index contributed by atoms with van der Waals surface area (Å²) in [5.41, 5.74) is 0.163. The molecule has 35 heavy (non-hydrogen) atoms. The van der Waals surface area contributed by atoms with Gasteiger partial charge in [-0.25, -0.2) is 0 Å². The summed E-state index contributed by atoms with van der Waals surface area (Å²) in [6.07, 6.45) is 3.36. The Morgan fingerprint density at radius 1 is 1.06 bits per heavy atom. The number of aliphatic hydroxyl groups excluding tert-OH is 2. The number of hydrogen-bond acceptors (Lipinski definition) is 7. The predicted molar refractivity (Wildman–Crippen MR) is 135 cm³/mol. The molecule has 9 heteroatoms. The van der Waals surface area contributed by atoms with Crippen LogP contribution in [0.2, 0.25) is 0 Å². The summed E-state index contributed by atoms with van der Waals surface area (Å²) in [5.74, 6) is 1.57. The molecule has 0 spiro atoms. The average molecular weight is 508 g/mol. The molecule has 0 bridgehead atoms. The van der Waals surface area contributed by atoms with Crippen LogP contribution in [0.1, 0.15) is 44.6 Å². The molecule has 1 aliphatic carbocycles. The normalized spacial score (nSPS) is 21.6. The molecular weight excluding hydrogens is 469 g/mol. The number of hydrogen-bond donors (Lipinski definition) is 5. The van der Waals surface area contributed by atoms with Gasteiger partial charge in [0.2, 0.25) is 7.37 Å². The van der Waals surface area contributed by atoms with Crippen LogP contribution in [0.4, 0.5) is 0 Å². The lowest BCUT2D eigenvalue weighted by molar-refractivity contribution is 0.102. The summed E-state index contributed by atoms with van der Waals surface area (Å²) in [5, 5.41) is 32.4. The summed E-state index contributed by atoms with van der Waals surface area (Å²) in [6.45, 7) is 2.27. The quantitative estimate of drug-likeness (QED) is 0.259. The highest BCUT2D eigenvalue weighted by Crippen LogP contribution is 2.53. The first kappa shape index (κ1) is 27.5. The van der Waals surface area contributed by atoms with Gasteiger partial charge in [-0.05, 0) is 75.3 Å². The lowest BCUT2D eigenvalue weighted by Crippen LogP contribution is -2.38. The second kappa shape index (κ2) is 13.3. The first-order valence-electron chi connectivity index (χ1n) is 12.2. The van der Waals surface area contributed by atoms with E-state index in [9.17, 15) is 24.8 Å². The maximum atomic E-state index is 12.8. The fraction of sp³-hybridized carbons (Fsp3) is 0.538. The molecule has 0 radical (unpaired) electrons. The summed E-state index contributed by atoms with van der Waals surface area (Å²) >= 11 is 0. The number of aromatic hydroxyl groups is 1. The molecule has 3 rings (SSSR count). The third kappa shape index (κ3) is 8.81. The highest BCUT2D eigenvalue weighted by Gasteiger charge is 2.35. The maximum Gasteiger partial charge on any atom is 0.239 e. The Morgan fingerprint density at radius 3 is 2.46 bits per heavy atom. The van der Waals surface area contributed by atoms with Crippen LogP contribution in [-0.2, 0) is 11.2 Å². The highest BCUT2D eigenvalue weighted by atomic mass is 31.2. The molecule has 1 fully saturated rings. The minimum absolute atomic E-state index is 0.00671. The largest absolute Gasteiger partial charge is 0.508 e. The molecule has 0 aliphatic heterocycles. The van der Waals surface area contributed by atoms with Crippen molar-refractivity contribution >= 4 is 7.37 Å². The zero-order valence-electron chi connectivity index (χ0n) is 20.3. The lowest BCUT2D eigenvalue weighted by Gasteiger charge is -2.32. The van der Waals surface area contributed by atoms with Crippen molar-refractivity contribution in [2.24, 2.45) is 5.92 Å². The monoisotopic (exact) mass is 507 g/mol. The van der Waals surface area contributed by atoms with Crippen LogP contribution in [0.3, 0.4) is 0 Å². The van der Waals surface area contributed by atoms with E-state index in [1.807, 2.05) is 18.2 Å². The number of benzene rings is 2. The van der Waals surface area contributed by atoms with Crippen LogP contribution in [0.15, 0.2) is 48.5 Å². The van der Waals surface area contributed by atoms with Crippen molar-refractivity contribution in [3.63, 3.8) is 0 Å². The lowest BCUT2D eigenvalue weighted by atomic mass is 9.85. The van der Waals surface area contributed by atoms with Crippen LogP contribution in [-0.4, -0.2) is 57.5 Å². The molecule has 1 aliphatic rings. The number of ether oxygens (including phenoxy) is 2. The Bertz CT molecular complexity index is 950. The van der Waals surface area contributed by atoms with E-state index in [0.29, 0.717) is 29.5 Å². The maximum absolute atomic E-state index is 12.8. The zero-order chi connectivity index (χ0) is 25.3. The van der Waals surface area contributed by atoms with E-state index in [4.69, 9.17) is 9.47 Å². The summed E-state index contributed by atoms with van der Waals surface area (Å²) in [6, 6.07) is 13.9. The van der Waals surface area contributed by atoms with E-state index in [1.54, 1.807) is 24.3 Å². The summed E-state index contributed by atoms with van der Waals surface area (Å²) in [7, 11) is -3.37. The Labute approximate surface area is 207 Å². The van der Waals surface area contributed by atoms with Crippen LogP contribution < -0.4 is 14.8 Å². The average Bonchev–Trinajstić information content (AvgIpc) is 2.87. The van der Waals surface area contributed by atoms with Gasteiger partial charge < -0.3 is 35.0 Å². The number of nitrogens with one attached hydrogen (secondary N) is 1. The Balaban J connectivity index is 1.33. The molecule has 0 heterocycles. The molecule has 0 saturated heterocycles. The van der Waals surface area contributed by atoms with Crippen LogP contribution in [0.5, 0.6) is 17.2 Å². The van der Waals surface area contributed by atoms with Crippen molar-refractivity contribution in [3.05, 3.63) is 54.1 Å². The fourth-order valence-electron chi connectivity index (χ4n) is 4.52. The van der Waals surface area contributed by atoms with Gasteiger partial charge in [0.15, 0.2) is 6.35 Å². The third-order valence-corrected chi connectivity index (χ3v) is 8.76. The zero-order valence-corrected chi connectivity index (χ0v) is 21.1. The van der Waals surface area contributed by atoms with Gasteiger partial charge in [-0.2, -0.15) is 0 Å². The van der Waals surface area contributed by atoms with Gasteiger partial charge in [0.1, 0.15) is 30.0 Å². The molecule has 194 valence electrons. The van der Waals surface area contributed by atoms with E-state index in [-0.39, 0.29) is 37.0 Å². The second-order valence-corrected chi connectivity index (χ2v) is 12.0. The molecule has 2 aromatic rings. The highest BCUT2D eigenvalue weighted by molar-refractivity contribution is 7.58. The smallest absolute Gasteiger partial charge is 0.239 e. The summed E-state index contributed by atoms with van der Waals surface area (Å²) < 4.78 is 23.9. The first-order chi connectivity index (χ1) is 16.8. The van der Waals surface area contributed by atoms with E-state index in [1.165, 1.54) is 6.07 Å². The number of rotatable bonds is 13. The molecule has 1 saturated carbocycles. The Kier molecular flexibility index (Phi) is 10.4. The Morgan fingerprint density at radius 2 is 1.77 bits per heavy atom. The second-order valence-electron chi connectivity index (χ2n) is 9.48. The van der Waals surface area contributed by atoms with Crippen LogP contribution >= 0.6 is 7.37 Å². The Hall–Kier alpha value is -2.09. The van der Waals surface area contributed by atoms with E-state index >= 15 is 0 Å². The van der Waals surface area contributed by atoms with Crippen molar-refractivity contribution < 1.29 is 34.3 Å². The van der Waals surface area contributed by atoms with Crippen LogP contribution in [0, 0.1) is 5.92 Å². The van der Waals surface area contributed by atoms with Gasteiger partial charge in [0.25, 0.3) is 0 Å². The van der Waals surface area contributed by atoms with E-state index in [0.717, 1.165) is 32.1 Å². The third-order valence-electron chi connectivity index (χ3n) is 6.60. The minimum atomic E-state index is -3.37. The molecule has 2 aromatic carbocycles. The fourth-order valence-corrected chi connectivity index (χ4v) is 6.17. The molecule has 0 amide bonds. The number of phenols is 1. The van der Waals surface area contributed by atoms with Gasteiger partial charge in [-0.15, -0.1) is 0 Å². The first-order valence-corrected chi connectivity index (χ1v) is 14.1. The van der Waals surface area contributed by atoms with Crippen molar-refractivity contribution in [2.45, 2.75) is 63.4 Å². The molecule has 5 N–H and O–H groups in total. The van der Waals surface area contributed by atoms with E-state index < -0.39 is 13.5 Å². The molecule has 8 nitrogen and oxygen atoms in total. The van der Waals surface area contributed by atoms with Crippen molar-refractivity contribution in [2.75, 3.05) is 19.5 Å². The number of para-hydroxylation sites is 1. The molecular formula is C26H38NO7P. The van der Waals surface area contributed by atoms with Gasteiger partial charge in [-0.1, -0.05) is 18.2 Å². The summed E-state index contributed by atoms with van der Waals surface area (Å²) in [4.78, 5) is 10.5. The van der Waals surface area contributed by atoms with Gasteiger partial charge in [0.05, 0.1) is 6.61 Å². The van der Waals surface area contributed by atoms with E-state index in [2.05, 4.69) is 12.2 Å². The number of aliphatic hydroxyl groups is 2. The SMILES string of the molecule is CC(CC1CCC(P(=O)(O)COc2ccccc2)CC1)NCC(O)COc1ccc(O)c(CO)c1. The topological polar surface area (TPSA) is 128 Å². The van der Waals surface area contributed by atoms with Crippen molar-refractivity contribution in [1.82, 2.24) is 5.32 Å². The molecule has 0 aromatic heterocycles. The van der Waals surface area contributed by atoms with Crippen molar-refractivity contribution in [3.8, 4) is 17.2 Å². The van der Waals surface area contributed by atoms with Gasteiger partial charge >= 0.3 is 0 Å². The minimum Gasteiger partial charge on any atom is -0.508 e. The van der Waals surface area contributed by atoms with Gasteiger partial charge in [-0.3, -0.25) is 4.57 Å². The molecule has 3 unspecified atom stereocenters. The van der Waals surface area contributed by atoms with Gasteiger partial charge in [0, 0.05) is 23.8 Å². The molecule has 3 atom stereocenters. The standard InChI is InChI=1S/C26H38NO7P/c1-19(27-15-22(29)17-33-24-9-12-26(30)21(14-24)16-28)13-20-7-10-25(11-8-20)35(31,32)18-34-23-5-3-2-4-6-23/h2-6,9,12,14,19-20,22,25,27-30H,7-8,10-11,13,15-18H2,1H3,(H,31,32). The van der Waals surface area contributed by atoms with Crippen LogP contribution in [0.25, 0.3) is 0 Å².